The van der Waals surface area contributed by atoms with Crippen molar-refractivity contribution in [2.75, 3.05) is 12.3 Å². The lowest BCUT2D eigenvalue weighted by molar-refractivity contribution is -0.131. The minimum atomic E-state index is -3.56. The number of nitrogens with one attached hydrogen (secondary N) is 1. The molecular formula is C15H29N3O3S. The Labute approximate surface area is 133 Å². The zero-order valence-electron chi connectivity index (χ0n) is 13.6. The number of rotatable bonds is 4. The van der Waals surface area contributed by atoms with E-state index in [1.807, 2.05) is 6.92 Å². The Morgan fingerprint density at radius 1 is 1.18 bits per heavy atom. The van der Waals surface area contributed by atoms with Gasteiger partial charge in [-0.05, 0) is 51.4 Å². The first-order chi connectivity index (χ1) is 10.3. The van der Waals surface area contributed by atoms with Gasteiger partial charge >= 0.3 is 0 Å². The molecule has 7 heteroatoms. The molecule has 1 heterocycles. The van der Waals surface area contributed by atoms with Crippen LogP contribution in [0.5, 0.6) is 0 Å². The molecule has 0 aromatic carbocycles. The number of sulfonamides is 1. The van der Waals surface area contributed by atoms with Crippen LogP contribution in [0.4, 0.5) is 0 Å². The van der Waals surface area contributed by atoms with Crippen molar-refractivity contribution < 1.29 is 13.2 Å². The van der Waals surface area contributed by atoms with Crippen LogP contribution in [0.25, 0.3) is 0 Å². The molecule has 22 heavy (non-hydrogen) atoms. The maximum Gasteiger partial charge on any atom is 0.239 e. The number of hydrogen-bond donors (Lipinski definition) is 2. The van der Waals surface area contributed by atoms with E-state index in [1.54, 1.807) is 4.90 Å². The number of nitrogens with zero attached hydrogens (tertiary/aromatic N) is 1. The number of hydrogen-bond acceptors (Lipinski definition) is 4. The van der Waals surface area contributed by atoms with Crippen LogP contribution in [0.1, 0.15) is 52.4 Å². The molecule has 128 valence electrons. The summed E-state index contributed by atoms with van der Waals surface area (Å²) in [7, 11) is -3.56. The molecule has 1 saturated heterocycles. The highest BCUT2D eigenvalue weighted by molar-refractivity contribution is 7.90. The van der Waals surface area contributed by atoms with Gasteiger partial charge in [-0.1, -0.05) is 6.92 Å². The molecule has 1 aliphatic carbocycles. The fourth-order valence-corrected chi connectivity index (χ4v) is 4.82. The predicted octanol–water partition coefficient (Wildman–Crippen LogP) is 0.823. The van der Waals surface area contributed by atoms with E-state index in [0.717, 1.165) is 38.5 Å². The van der Waals surface area contributed by atoms with Crippen LogP contribution in [-0.2, 0) is 14.8 Å². The van der Waals surface area contributed by atoms with Crippen LogP contribution in [0.15, 0.2) is 0 Å². The zero-order valence-corrected chi connectivity index (χ0v) is 14.4. The van der Waals surface area contributed by atoms with Gasteiger partial charge in [-0.3, -0.25) is 4.79 Å². The minimum absolute atomic E-state index is 0.0128. The first kappa shape index (κ1) is 17.7. The fourth-order valence-electron chi connectivity index (χ4n) is 3.50. The SMILES string of the molecule is CC1CCC(NS(=O)(=O)CC(=O)N2CC[C@H](N)C[C@@H]2C)CC1. The number of nitrogens with two attached hydrogens (primary N) is 1. The Bertz CT molecular complexity index is 486. The molecule has 1 saturated carbocycles. The first-order valence-corrected chi connectivity index (χ1v) is 9.97. The van der Waals surface area contributed by atoms with Crippen molar-refractivity contribution in [3.05, 3.63) is 0 Å². The monoisotopic (exact) mass is 331 g/mol. The highest BCUT2D eigenvalue weighted by Gasteiger charge is 2.31. The van der Waals surface area contributed by atoms with Gasteiger partial charge in [0.25, 0.3) is 0 Å². The standard InChI is InChI=1S/C15H29N3O3S/c1-11-3-5-14(6-4-11)17-22(20,21)10-15(19)18-8-7-13(16)9-12(18)2/h11-14,17H,3-10,16H2,1-2H3/t11?,12-,13-,14?/m0/s1. The van der Waals surface area contributed by atoms with Gasteiger partial charge in [0.05, 0.1) is 0 Å². The van der Waals surface area contributed by atoms with E-state index in [-0.39, 0.29) is 24.0 Å². The lowest BCUT2D eigenvalue weighted by Crippen LogP contribution is -2.51. The second kappa shape index (κ2) is 7.27. The molecule has 0 spiro atoms. The average Bonchev–Trinajstić information content (AvgIpc) is 2.40. The van der Waals surface area contributed by atoms with Gasteiger partial charge in [0.1, 0.15) is 5.75 Å². The Morgan fingerprint density at radius 3 is 2.41 bits per heavy atom. The van der Waals surface area contributed by atoms with E-state index in [0.29, 0.717) is 12.5 Å². The molecule has 0 aromatic rings. The van der Waals surface area contributed by atoms with Crippen LogP contribution in [-0.4, -0.2) is 49.6 Å². The number of likely N-dealkylation sites (tertiary alicyclic amines) is 1. The second-order valence-electron chi connectivity index (χ2n) is 7.05. The van der Waals surface area contributed by atoms with Crippen molar-refractivity contribution in [3.63, 3.8) is 0 Å². The summed E-state index contributed by atoms with van der Waals surface area (Å²) in [5.41, 5.74) is 5.88. The molecule has 2 atom stereocenters. The quantitative estimate of drug-likeness (QED) is 0.798. The Hall–Kier alpha value is -0.660. The summed E-state index contributed by atoms with van der Waals surface area (Å²) in [6.07, 6.45) is 5.29. The van der Waals surface area contributed by atoms with E-state index in [4.69, 9.17) is 5.73 Å². The van der Waals surface area contributed by atoms with Crippen molar-refractivity contribution in [2.45, 2.75) is 70.5 Å². The maximum absolute atomic E-state index is 12.3. The maximum atomic E-state index is 12.3. The summed E-state index contributed by atoms with van der Waals surface area (Å²) in [5, 5.41) is 0. The van der Waals surface area contributed by atoms with Crippen molar-refractivity contribution >= 4 is 15.9 Å². The van der Waals surface area contributed by atoms with Gasteiger partial charge in [-0.25, -0.2) is 13.1 Å². The average molecular weight is 331 g/mol. The first-order valence-electron chi connectivity index (χ1n) is 8.32. The fraction of sp³-hybridized carbons (Fsp3) is 0.933. The highest BCUT2D eigenvalue weighted by atomic mass is 32.2. The molecule has 0 aromatic heterocycles. The molecule has 2 rings (SSSR count). The van der Waals surface area contributed by atoms with E-state index in [2.05, 4.69) is 11.6 Å². The zero-order chi connectivity index (χ0) is 16.3. The molecule has 3 N–H and O–H groups in total. The van der Waals surface area contributed by atoms with Crippen molar-refractivity contribution in [3.8, 4) is 0 Å². The number of carbonyl (C=O) groups is 1. The highest BCUT2D eigenvalue weighted by Crippen LogP contribution is 2.24. The number of amides is 1. The number of carbonyl (C=O) groups excluding carboxylic acids is 1. The van der Waals surface area contributed by atoms with Gasteiger partial charge in [-0.15, -0.1) is 0 Å². The smallest absolute Gasteiger partial charge is 0.239 e. The van der Waals surface area contributed by atoms with Crippen LogP contribution >= 0.6 is 0 Å². The third-order valence-electron chi connectivity index (χ3n) is 4.91. The molecule has 1 aliphatic heterocycles. The summed E-state index contributed by atoms with van der Waals surface area (Å²) in [4.78, 5) is 13.9. The summed E-state index contributed by atoms with van der Waals surface area (Å²) >= 11 is 0. The van der Waals surface area contributed by atoms with Gasteiger partial charge in [0, 0.05) is 24.7 Å². The van der Waals surface area contributed by atoms with Crippen LogP contribution in [0.2, 0.25) is 0 Å². The van der Waals surface area contributed by atoms with Crippen molar-refractivity contribution in [2.24, 2.45) is 11.7 Å². The number of piperidine rings is 1. The second-order valence-corrected chi connectivity index (χ2v) is 8.81. The molecule has 1 amide bonds. The van der Waals surface area contributed by atoms with Gasteiger partial charge in [0.15, 0.2) is 0 Å². The summed E-state index contributed by atoms with van der Waals surface area (Å²) < 4.78 is 27.2. The third-order valence-corrected chi connectivity index (χ3v) is 6.23. The van der Waals surface area contributed by atoms with E-state index in [9.17, 15) is 13.2 Å². The van der Waals surface area contributed by atoms with Crippen molar-refractivity contribution in [1.29, 1.82) is 0 Å². The Morgan fingerprint density at radius 2 is 1.82 bits per heavy atom. The normalized spacial score (nSPS) is 33.7. The molecule has 0 bridgehead atoms. The molecule has 0 radical (unpaired) electrons. The molecular weight excluding hydrogens is 302 g/mol. The topological polar surface area (TPSA) is 92.5 Å². The van der Waals surface area contributed by atoms with Gasteiger partial charge in [-0.2, -0.15) is 0 Å². The summed E-state index contributed by atoms with van der Waals surface area (Å²) in [6.45, 7) is 4.67. The lowest BCUT2D eigenvalue weighted by atomic mass is 9.88. The van der Waals surface area contributed by atoms with Gasteiger partial charge in [0.2, 0.25) is 15.9 Å². The largest absolute Gasteiger partial charge is 0.339 e. The predicted molar refractivity (Wildman–Crippen MR) is 86.7 cm³/mol. The lowest BCUT2D eigenvalue weighted by Gasteiger charge is -2.36. The van der Waals surface area contributed by atoms with Gasteiger partial charge < -0.3 is 10.6 Å². The molecule has 2 aliphatic rings. The molecule has 2 fully saturated rings. The summed E-state index contributed by atoms with van der Waals surface area (Å²) in [5.74, 6) is -0.0876. The van der Waals surface area contributed by atoms with E-state index >= 15 is 0 Å². The summed E-state index contributed by atoms with van der Waals surface area (Å²) in [6, 6.07) is 0.112. The molecule has 0 unspecified atom stereocenters. The van der Waals surface area contributed by atoms with Crippen LogP contribution in [0.3, 0.4) is 0 Å². The van der Waals surface area contributed by atoms with Crippen LogP contribution in [0, 0.1) is 5.92 Å². The van der Waals surface area contributed by atoms with E-state index in [1.165, 1.54) is 0 Å². The Balaban J connectivity index is 1.87. The van der Waals surface area contributed by atoms with E-state index < -0.39 is 15.8 Å². The van der Waals surface area contributed by atoms with Crippen LogP contribution < -0.4 is 10.5 Å². The molecule has 6 nitrogen and oxygen atoms in total. The minimum Gasteiger partial charge on any atom is -0.339 e. The third kappa shape index (κ3) is 4.93. The van der Waals surface area contributed by atoms with Crippen molar-refractivity contribution in [1.82, 2.24) is 9.62 Å². The Kier molecular flexibility index (Phi) is 5.85.